The fourth-order valence-corrected chi connectivity index (χ4v) is 4.33. The summed E-state index contributed by atoms with van der Waals surface area (Å²) in [5.74, 6) is 0. The van der Waals surface area contributed by atoms with Crippen LogP contribution >= 0.6 is 0 Å². The first-order chi connectivity index (χ1) is 15.4. The SMILES string of the molecule is C.Cc1cccc(N2CCN(c3ccnc4ccc(-c5cn[nH]c5C(F)(F)F)cc34)CC2)c1. The standard InChI is InChI=1S/C24H22F3N5.CH4/c1-16-3-2-4-18(13-16)31-9-11-32(12-10-31)22-7-8-28-21-6-5-17(14-19(21)22)20-15-29-30-23(20)24(25,26)27;/h2-8,13-15H,9-12H2,1H3,(H,29,30);1H4. The third kappa shape index (κ3) is 4.37. The lowest BCUT2D eigenvalue weighted by Gasteiger charge is -2.38. The van der Waals surface area contributed by atoms with Crippen molar-refractivity contribution in [2.24, 2.45) is 0 Å². The third-order valence-corrected chi connectivity index (χ3v) is 5.94. The van der Waals surface area contributed by atoms with Crippen LogP contribution < -0.4 is 9.80 Å². The lowest BCUT2D eigenvalue weighted by molar-refractivity contribution is -0.140. The van der Waals surface area contributed by atoms with Crippen LogP contribution in [0.3, 0.4) is 0 Å². The summed E-state index contributed by atoms with van der Waals surface area (Å²) >= 11 is 0. The lowest BCUT2D eigenvalue weighted by Crippen LogP contribution is -2.46. The maximum atomic E-state index is 13.4. The number of rotatable bonds is 3. The van der Waals surface area contributed by atoms with Gasteiger partial charge in [-0.15, -0.1) is 0 Å². The molecule has 1 fully saturated rings. The number of aromatic amines is 1. The molecule has 3 heterocycles. The van der Waals surface area contributed by atoms with Crippen molar-refractivity contribution < 1.29 is 13.2 Å². The normalized spacial score (nSPS) is 14.4. The molecule has 0 amide bonds. The predicted octanol–water partition coefficient (Wildman–Crippen LogP) is 5.91. The van der Waals surface area contributed by atoms with Gasteiger partial charge < -0.3 is 9.80 Å². The Morgan fingerprint density at radius 2 is 1.70 bits per heavy atom. The van der Waals surface area contributed by atoms with E-state index in [1.807, 2.05) is 6.07 Å². The summed E-state index contributed by atoms with van der Waals surface area (Å²) in [6.07, 6.45) is -1.52. The van der Waals surface area contributed by atoms with Crippen LogP contribution in [0.15, 0.2) is 60.9 Å². The zero-order valence-corrected chi connectivity index (χ0v) is 17.5. The molecular formula is C25H26F3N5. The number of hydrogen-bond acceptors (Lipinski definition) is 4. The number of benzene rings is 2. The average Bonchev–Trinajstić information content (AvgIpc) is 3.29. The van der Waals surface area contributed by atoms with Crippen molar-refractivity contribution in [1.29, 1.82) is 0 Å². The van der Waals surface area contributed by atoms with Crippen molar-refractivity contribution in [3.63, 3.8) is 0 Å². The Bertz CT molecular complexity index is 1260. The summed E-state index contributed by atoms with van der Waals surface area (Å²) in [6, 6.07) is 15.6. The van der Waals surface area contributed by atoms with Gasteiger partial charge in [0.05, 0.1) is 11.7 Å². The fraction of sp³-hybridized carbons (Fsp3) is 0.280. The fourth-order valence-electron chi connectivity index (χ4n) is 4.33. The van der Waals surface area contributed by atoms with Gasteiger partial charge in [-0.3, -0.25) is 10.1 Å². The Morgan fingerprint density at radius 1 is 0.939 bits per heavy atom. The van der Waals surface area contributed by atoms with Crippen LogP contribution in [0.4, 0.5) is 24.5 Å². The molecule has 4 aromatic rings. The highest BCUT2D eigenvalue weighted by Crippen LogP contribution is 2.37. The Morgan fingerprint density at radius 3 is 2.42 bits per heavy atom. The van der Waals surface area contributed by atoms with Crippen LogP contribution in [0.2, 0.25) is 0 Å². The minimum absolute atomic E-state index is 0. The summed E-state index contributed by atoms with van der Waals surface area (Å²) in [7, 11) is 0. The number of alkyl halides is 3. The molecule has 2 aromatic heterocycles. The molecule has 33 heavy (non-hydrogen) atoms. The van der Waals surface area contributed by atoms with E-state index in [1.54, 1.807) is 24.4 Å². The van der Waals surface area contributed by atoms with E-state index >= 15 is 0 Å². The first kappa shape index (κ1) is 22.6. The number of nitrogens with zero attached hydrogens (tertiary/aromatic N) is 4. The minimum Gasteiger partial charge on any atom is -0.368 e. The van der Waals surface area contributed by atoms with Crippen LogP contribution in [0, 0.1) is 6.92 Å². The number of H-pyrrole nitrogens is 1. The number of aryl methyl sites for hydroxylation is 1. The first-order valence-corrected chi connectivity index (χ1v) is 10.5. The molecule has 1 aliphatic rings. The van der Waals surface area contributed by atoms with Crippen molar-refractivity contribution in [3.8, 4) is 11.1 Å². The Kier molecular flexibility index (Phi) is 6.01. The maximum absolute atomic E-state index is 13.4. The zero-order chi connectivity index (χ0) is 22.3. The smallest absolute Gasteiger partial charge is 0.368 e. The number of anilines is 2. The molecule has 5 rings (SSSR count). The Labute approximate surface area is 190 Å². The summed E-state index contributed by atoms with van der Waals surface area (Å²) in [4.78, 5) is 9.06. The molecule has 0 radical (unpaired) electrons. The first-order valence-electron chi connectivity index (χ1n) is 10.5. The number of piperazine rings is 1. The highest BCUT2D eigenvalue weighted by atomic mass is 19.4. The molecule has 0 spiro atoms. The van der Waals surface area contributed by atoms with Gasteiger partial charge in [-0.05, 0) is 48.4 Å². The number of pyridine rings is 1. The second-order valence-corrected chi connectivity index (χ2v) is 8.03. The molecule has 1 aliphatic heterocycles. The largest absolute Gasteiger partial charge is 0.433 e. The molecule has 2 aromatic carbocycles. The van der Waals surface area contributed by atoms with E-state index in [-0.39, 0.29) is 13.0 Å². The Balaban J connectivity index is 0.00000259. The summed E-state index contributed by atoms with van der Waals surface area (Å²) < 4.78 is 40.1. The van der Waals surface area contributed by atoms with Crippen molar-refractivity contribution in [3.05, 3.63) is 72.2 Å². The van der Waals surface area contributed by atoms with Gasteiger partial charge in [0, 0.05) is 54.7 Å². The third-order valence-electron chi connectivity index (χ3n) is 5.94. The van der Waals surface area contributed by atoms with E-state index in [1.165, 1.54) is 17.4 Å². The van der Waals surface area contributed by atoms with E-state index < -0.39 is 11.9 Å². The van der Waals surface area contributed by atoms with Gasteiger partial charge in [0.25, 0.3) is 0 Å². The number of halogens is 3. The molecule has 1 saturated heterocycles. The van der Waals surface area contributed by atoms with Gasteiger partial charge in [0.15, 0.2) is 0 Å². The predicted molar refractivity (Wildman–Crippen MR) is 127 cm³/mol. The minimum atomic E-state index is -4.50. The van der Waals surface area contributed by atoms with Gasteiger partial charge in [-0.1, -0.05) is 25.6 Å². The molecule has 5 nitrogen and oxygen atoms in total. The van der Waals surface area contributed by atoms with Crippen LogP contribution in [0.5, 0.6) is 0 Å². The second kappa shape index (κ2) is 8.77. The second-order valence-electron chi connectivity index (χ2n) is 8.03. The molecular weight excluding hydrogens is 427 g/mol. The average molecular weight is 454 g/mol. The highest BCUT2D eigenvalue weighted by Gasteiger charge is 2.36. The molecule has 0 unspecified atom stereocenters. The maximum Gasteiger partial charge on any atom is 0.433 e. The van der Waals surface area contributed by atoms with E-state index in [0.29, 0.717) is 5.56 Å². The van der Waals surface area contributed by atoms with Gasteiger partial charge in [-0.25, -0.2) is 0 Å². The van der Waals surface area contributed by atoms with E-state index in [4.69, 9.17) is 0 Å². The van der Waals surface area contributed by atoms with Crippen molar-refractivity contribution in [1.82, 2.24) is 15.2 Å². The van der Waals surface area contributed by atoms with Crippen LogP contribution in [-0.4, -0.2) is 41.4 Å². The van der Waals surface area contributed by atoms with E-state index in [9.17, 15) is 13.2 Å². The zero-order valence-electron chi connectivity index (χ0n) is 17.5. The molecule has 0 bridgehead atoms. The molecule has 0 saturated carbocycles. The van der Waals surface area contributed by atoms with Gasteiger partial charge >= 0.3 is 6.18 Å². The topological polar surface area (TPSA) is 48.1 Å². The lowest BCUT2D eigenvalue weighted by atomic mass is 10.0. The van der Waals surface area contributed by atoms with Crippen LogP contribution in [0.1, 0.15) is 18.7 Å². The summed E-state index contributed by atoms with van der Waals surface area (Å²) in [5, 5.41) is 6.55. The number of nitrogens with one attached hydrogen (secondary N) is 1. The van der Waals surface area contributed by atoms with Crippen molar-refractivity contribution in [2.75, 3.05) is 36.0 Å². The van der Waals surface area contributed by atoms with Crippen molar-refractivity contribution >= 4 is 22.3 Å². The van der Waals surface area contributed by atoms with E-state index in [0.717, 1.165) is 42.8 Å². The van der Waals surface area contributed by atoms with Gasteiger partial charge in [0.2, 0.25) is 0 Å². The molecule has 0 atom stereocenters. The molecule has 1 N–H and O–H groups in total. The molecule has 172 valence electrons. The Hall–Kier alpha value is -3.55. The number of hydrogen-bond donors (Lipinski definition) is 1. The quantitative estimate of drug-likeness (QED) is 0.419. The van der Waals surface area contributed by atoms with Gasteiger partial charge in [0.1, 0.15) is 5.69 Å². The highest BCUT2D eigenvalue weighted by molar-refractivity contribution is 5.95. The number of fused-ring (bicyclic) bond motifs is 1. The molecule has 0 aliphatic carbocycles. The summed E-state index contributed by atoms with van der Waals surface area (Å²) in [5.41, 5.74) is 3.85. The number of aromatic nitrogens is 3. The van der Waals surface area contributed by atoms with Crippen LogP contribution in [0.25, 0.3) is 22.0 Å². The van der Waals surface area contributed by atoms with Gasteiger partial charge in [-0.2, -0.15) is 18.3 Å². The summed E-state index contributed by atoms with van der Waals surface area (Å²) in [6.45, 7) is 5.46. The van der Waals surface area contributed by atoms with Crippen LogP contribution in [-0.2, 0) is 6.18 Å². The molecule has 8 heteroatoms. The van der Waals surface area contributed by atoms with E-state index in [2.05, 4.69) is 56.2 Å². The van der Waals surface area contributed by atoms with Crippen molar-refractivity contribution in [2.45, 2.75) is 20.5 Å². The monoisotopic (exact) mass is 453 g/mol.